The van der Waals surface area contributed by atoms with Crippen LogP contribution < -0.4 is 9.47 Å². The van der Waals surface area contributed by atoms with Crippen LogP contribution in [0.3, 0.4) is 0 Å². The third-order valence-corrected chi connectivity index (χ3v) is 6.36. The summed E-state index contributed by atoms with van der Waals surface area (Å²) in [5.41, 5.74) is 0. The first-order chi connectivity index (χ1) is 13.0. The van der Waals surface area contributed by atoms with Gasteiger partial charge in [-0.3, -0.25) is 4.90 Å². The molecule has 0 saturated carbocycles. The third kappa shape index (κ3) is 3.92. The molecule has 0 bridgehead atoms. The van der Waals surface area contributed by atoms with Crippen molar-refractivity contribution in [3.8, 4) is 11.5 Å². The molecule has 0 N–H and O–H groups in total. The zero-order chi connectivity index (χ0) is 18.9. The average molecular weight is 393 g/mol. The number of benzene rings is 2. The lowest BCUT2D eigenvalue weighted by atomic mass is 10.2. The summed E-state index contributed by atoms with van der Waals surface area (Å²) in [7, 11) is -3.84. The molecule has 8 heteroatoms. The van der Waals surface area contributed by atoms with Crippen molar-refractivity contribution in [2.75, 3.05) is 39.5 Å². The van der Waals surface area contributed by atoms with Crippen LogP contribution in [0, 0.1) is 5.82 Å². The molecule has 2 aromatic carbocycles. The van der Waals surface area contributed by atoms with E-state index >= 15 is 0 Å². The Kier molecular flexibility index (Phi) is 5.03. The lowest BCUT2D eigenvalue weighted by Gasteiger charge is -2.33. The number of sulfone groups is 1. The first-order valence-electron chi connectivity index (χ1n) is 8.77. The second kappa shape index (κ2) is 7.46. The van der Waals surface area contributed by atoms with E-state index in [4.69, 9.17) is 14.2 Å². The van der Waals surface area contributed by atoms with Gasteiger partial charge in [0.1, 0.15) is 18.5 Å². The number of nitrogens with zero attached hydrogens (tertiary/aromatic N) is 1. The van der Waals surface area contributed by atoms with Crippen LogP contribution in [0.15, 0.2) is 52.3 Å². The van der Waals surface area contributed by atoms with Crippen molar-refractivity contribution in [2.45, 2.75) is 15.9 Å². The van der Waals surface area contributed by atoms with Gasteiger partial charge in [0.15, 0.2) is 11.5 Å². The van der Waals surface area contributed by atoms with Gasteiger partial charge in [0.2, 0.25) is 9.84 Å². The minimum atomic E-state index is -3.84. The second-order valence-electron chi connectivity index (χ2n) is 6.53. The molecular weight excluding hydrogens is 373 g/mol. The van der Waals surface area contributed by atoms with E-state index in [1.165, 1.54) is 30.3 Å². The Morgan fingerprint density at radius 1 is 1.04 bits per heavy atom. The van der Waals surface area contributed by atoms with Crippen LogP contribution in [0.1, 0.15) is 0 Å². The van der Waals surface area contributed by atoms with Gasteiger partial charge in [-0.2, -0.15) is 0 Å². The van der Waals surface area contributed by atoms with Crippen molar-refractivity contribution in [1.82, 2.24) is 4.90 Å². The van der Waals surface area contributed by atoms with Crippen molar-refractivity contribution >= 4 is 9.84 Å². The maximum absolute atomic E-state index is 13.4. The van der Waals surface area contributed by atoms with E-state index in [-0.39, 0.29) is 15.9 Å². The molecule has 1 fully saturated rings. The van der Waals surface area contributed by atoms with E-state index in [1.54, 1.807) is 6.07 Å². The lowest BCUT2D eigenvalue weighted by molar-refractivity contribution is 0.00304. The molecule has 2 heterocycles. The fourth-order valence-corrected chi connectivity index (χ4v) is 4.50. The van der Waals surface area contributed by atoms with Gasteiger partial charge < -0.3 is 14.2 Å². The van der Waals surface area contributed by atoms with Crippen LogP contribution in [-0.4, -0.2) is 58.9 Å². The molecule has 4 rings (SSSR count). The highest BCUT2D eigenvalue weighted by Gasteiger charge is 2.27. The summed E-state index contributed by atoms with van der Waals surface area (Å²) < 4.78 is 56.1. The Morgan fingerprint density at radius 3 is 2.59 bits per heavy atom. The van der Waals surface area contributed by atoms with Crippen LogP contribution in [0.2, 0.25) is 0 Å². The largest absolute Gasteiger partial charge is 0.486 e. The number of ether oxygens (including phenoxy) is 3. The molecule has 1 atom stereocenters. The minimum Gasteiger partial charge on any atom is -0.486 e. The van der Waals surface area contributed by atoms with Gasteiger partial charge in [-0.1, -0.05) is 6.07 Å². The normalized spacial score (nSPS) is 20.4. The van der Waals surface area contributed by atoms with E-state index in [9.17, 15) is 12.8 Å². The number of rotatable bonds is 4. The zero-order valence-electron chi connectivity index (χ0n) is 14.6. The Morgan fingerprint density at radius 2 is 1.81 bits per heavy atom. The summed E-state index contributed by atoms with van der Waals surface area (Å²) in [4.78, 5) is 2.18. The molecular formula is C19H20FNO5S. The molecule has 0 aromatic heterocycles. The number of halogens is 1. The van der Waals surface area contributed by atoms with Gasteiger partial charge in [-0.15, -0.1) is 0 Å². The van der Waals surface area contributed by atoms with Gasteiger partial charge in [0.05, 0.1) is 23.0 Å². The van der Waals surface area contributed by atoms with Crippen LogP contribution in [0.4, 0.5) is 4.39 Å². The maximum Gasteiger partial charge on any atom is 0.206 e. The van der Waals surface area contributed by atoms with E-state index in [0.717, 1.165) is 19.2 Å². The monoisotopic (exact) mass is 393 g/mol. The number of morpholine rings is 1. The summed E-state index contributed by atoms with van der Waals surface area (Å²) in [6.07, 6.45) is -0.192. The van der Waals surface area contributed by atoms with Gasteiger partial charge in [-0.05, 0) is 30.3 Å². The molecule has 27 heavy (non-hydrogen) atoms. The highest BCUT2D eigenvalue weighted by atomic mass is 32.2. The Balaban J connectivity index is 1.55. The molecule has 2 aromatic rings. The fourth-order valence-electron chi connectivity index (χ4n) is 3.20. The van der Waals surface area contributed by atoms with Gasteiger partial charge in [0, 0.05) is 25.7 Å². The minimum absolute atomic E-state index is 0.0440. The maximum atomic E-state index is 13.4. The fraction of sp³-hybridized carbons (Fsp3) is 0.368. The van der Waals surface area contributed by atoms with Crippen molar-refractivity contribution in [3.63, 3.8) is 0 Å². The summed E-state index contributed by atoms with van der Waals surface area (Å²) in [6.45, 7) is 4.14. The molecule has 2 aliphatic heterocycles. The van der Waals surface area contributed by atoms with Crippen molar-refractivity contribution in [1.29, 1.82) is 0 Å². The molecule has 144 valence electrons. The van der Waals surface area contributed by atoms with Crippen LogP contribution in [0.5, 0.6) is 11.5 Å². The van der Waals surface area contributed by atoms with Gasteiger partial charge in [-0.25, -0.2) is 12.8 Å². The lowest BCUT2D eigenvalue weighted by Crippen LogP contribution is -2.45. The molecule has 2 aliphatic rings. The first-order valence-corrected chi connectivity index (χ1v) is 10.2. The zero-order valence-corrected chi connectivity index (χ0v) is 15.5. The summed E-state index contributed by atoms with van der Waals surface area (Å²) in [5.74, 6) is 0.294. The number of fused-ring (bicyclic) bond motifs is 1. The van der Waals surface area contributed by atoms with Gasteiger partial charge >= 0.3 is 0 Å². The smallest absolute Gasteiger partial charge is 0.206 e. The van der Waals surface area contributed by atoms with E-state index in [2.05, 4.69) is 4.90 Å². The molecule has 0 amide bonds. The number of hydrogen-bond donors (Lipinski definition) is 0. The topological polar surface area (TPSA) is 65.1 Å². The van der Waals surface area contributed by atoms with Crippen LogP contribution in [-0.2, 0) is 14.6 Å². The molecule has 0 aliphatic carbocycles. The van der Waals surface area contributed by atoms with Crippen molar-refractivity contribution in [2.24, 2.45) is 0 Å². The van der Waals surface area contributed by atoms with Crippen molar-refractivity contribution in [3.05, 3.63) is 48.3 Å². The Hall–Kier alpha value is -2.16. The highest BCUT2D eigenvalue weighted by Crippen LogP contribution is 2.35. The van der Waals surface area contributed by atoms with Crippen LogP contribution >= 0.6 is 0 Å². The Bertz CT molecular complexity index is 927. The third-order valence-electron chi connectivity index (χ3n) is 4.62. The quantitative estimate of drug-likeness (QED) is 0.793. The molecule has 1 saturated heterocycles. The Labute approximate surface area is 157 Å². The first kappa shape index (κ1) is 18.2. The standard InChI is InChI=1S/C19H20FNO5S/c20-14-2-1-3-16(10-14)27(22,23)17-4-5-18-19(11-17)26-15(13-25-18)12-21-6-8-24-9-7-21/h1-5,10-11,15H,6-9,12-13H2/t15-/m1/s1. The summed E-state index contributed by atoms with van der Waals surface area (Å²) in [5, 5.41) is 0. The van der Waals surface area contributed by atoms with E-state index < -0.39 is 15.7 Å². The molecule has 0 radical (unpaired) electrons. The molecule has 0 unspecified atom stereocenters. The van der Waals surface area contributed by atoms with Gasteiger partial charge in [0.25, 0.3) is 0 Å². The van der Waals surface area contributed by atoms with E-state index in [1.807, 2.05) is 0 Å². The predicted octanol–water partition coefficient (Wildman–Crippen LogP) is 2.13. The number of hydrogen-bond acceptors (Lipinski definition) is 6. The van der Waals surface area contributed by atoms with Crippen LogP contribution in [0.25, 0.3) is 0 Å². The second-order valence-corrected chi connectivity index (χ2v) is 8.48. The highest BCUT2D eigenvalue weighted by molar-refractivity contribution is 7.91. The summed E-state index contributed by atoms with van der Waals surface area (Å²) in [6, 6.07) is 9.43. The average Bonchev–Trinajstić information content (AvgIpc) is 2.68. The molecule has 0 spiro atoms. The van der Waals surface area contributed by atoms with E-state index in [0.29, 0.717) is 37.9 Å². The molecule has 6 nitrogen and oxygen atoms in total. The predicted molar refractivity (Wildman–Crippen MR) is 95.5 cm³/mol. The summed E-state index contributed by atoms with van der Waals surface area (Å²) >= 11 is 0. The van der Waals surface area contributed by atoms with Crippen molar-refractivity contribution < 1.29 is 27.0 Å². The SMILES string of the molecule is O=S(=O)(c1cccc(F)c1)c1ccc2c(c1)O[C@H](CN1CCOCC1)CO2.